The number of fused-ring (bicyclic) bond motifs is 3. The molecule has 3 nitrogen and oxygen atoms in total. The lowest BCUT2D eigenvalue weighted by Crippen LogP contribution is -3.20. The van der Waals surface area contributed by atoms with Crippen LogP contribution in [-0.4, -0.2) is 35.4 Å². The highest BCUT2D eigenvalue weighted by molar-refractivity contribution is 5.32. The van der Waals surface area contributed by atoms with Crippen LogP contribution in [0.5, 0.6) is 5.75 Å². The molecule has 1 aromatic rings. The first-order chi connectivity index (χ1) is 8.25. The molecule has 3 aliphatic heterocycles. The third-order valence-corrected chi connectivity index (χ3v) is 4.52. The summed E-state index contributed by atoms with van der Waals surface area (Å²) in [6, 6.07) is 7.76. The van der Waals surface area contributed by atoms with Gasteiger partial charge in [-0.3, -0.25) is 0 Å². The van der Waals surface area contributed by atoms with E-state index < -0.39 is 0 Å². The van der Waals surface area contributed by atoms with Gasteiger partial charge >= 0.3 is 0 Å². The van der Waals surface area contributed by atoms with Gasteiger partial charge in [0.1, 0.15) is 17.9 Å². The second kappa shape index (κ2) is 4.31. The topological polar surface area (TPSA) is 44.9 Å². The fourth-order valence-electron chi connectivity index (χ4n) is 3.48. The molecular weight excluding hydrogens is 214 g/mol. The van der Waals surface area contributed by atoms with Crippen molar-refractivity contribution < 1.29 is 15.1 Å². The molecule has 3 heterocycles. The van der Waals surface area contributed by atoms with Crippen molar-refractivity contribution in [3.63, 3.8) is 0 Å². The maximum absolute atomic E-state index is 10.3. The number of nitrogens with one attached hydrogen (secondary N) is 1. The number of aliphatic hydroxyl groups is 1. The van der Waals surface area contributed by atoms with Crippen molar-refractivity contribution in [3.8, 4) is 5.75 Å². The van der Waals surface area contributed by atoms with E-state index in [1.54, 1.807) is 6.07 Å². The predicted octanol–water partition coefficient (Wildman–Crippen LogP) is -0.0273. The van der Waals surface area contributed by atoms with Gasteiger partial charge < -0.3 is 15.1 Å². The number of para-hydroxylation sites is 1. The zero-order chi connectivity index (χ0) is 11.8. The van der Waals surface area contributed by atoms with Crippen molar-refractivity contribution in [2.45, 2.75) is 31.4 Å². The molecular formula is C14H20NO2+. The van der Waals surface area contributed by atoms with Crippen LogP contribution < -0.4 is 4.90 Å². The first-order valence-corrected chi connectivity index (χ1v) is 6.55. The van der Waals surface area contributed by atoms with Crippen LogP contribution in [0.2, 0.25) is 0 Å². The number of phenols is 1. The highest BCUT2D eigenvalue weighted by atomic mass is 16.3. The Morgan fingerprint density at radius 1 is 1.18 bits per heavy atom. The van der Waals surface area contributed by atoms with Crippen LogP contribution in [0.15, 0.2) is 24.3 Å². The van der Waals surface area contributed by atoms with Crippen molar-refractivity contribution in [1.29, 1.82) is 0 Å². The van der Waals surface area contributed by atoms with Gasteiger partial charge in [0, 0.05) is 25.2 Å². The second-order valence-electron chi connectivity index (χ2n) is 5.43. The van der Waals surface area contributed by atoms with Crippen molar-refractivity contribution in [1.82, 2.24) is 0 Å². The Balaban J connectivity index is 1.79. The number of quaternary nitrogens is 1. The van der Waals surface area contributed by atoms with E-state index in [1.807, 2.05) is 18.2 Å². The number of piperidine rings is 3. The monoisotopic (exact) mass is 234 g/mol. The quantitative estimate of drug-likeness (QED) is 0.673. The summed E-state index contributed by atoms with van der Waals surface area (Å²) < 4.78 is 0. The third-order valence-electron chi connectivity index (χ3n) is 4.52. The van der Waals surface area contributed by atoms with E-state index in [2.05, 4.69) is 0 Å². The smallest absolute Gasteiger partial charge is 0.119 e. The Morgan fingerprint density at radius 3 is 2.53 bits per heavy atom. The molecule has 3 heteroatoms. The summed E-state index contributed by atoms with van der Waals surface area (Å²) in [4.78, 5) is 1.52. The molecule has 3 N–H and O–H groups in total. The summed E-state index contributed by atoms with van der Waals surface area (Å²) >= 11 is 0. The SMILES string of the molecule is Oc1ccccc1C[C@@H]1[C@@H](O)C2CC[NH+]1CC2. The van der Waals surface area contributed by atoms with E-state index in [9.17, 15) is 10.2 Å². The molecule has 0 aromatic heterocycles. The van der Waals surface area contributed by atoms with Gasteiger partial charge in [0.05, 0.1) is 13.1 Å². The molecule has 0 aliphatic carbocycles. The van der Waals surface area contributed by atoms with Crippen molar-refractivity contribution in [2.24, 2.45) is 5.92 Å². The van der Waals surface area contributed by atoms with E-state index in [0.29, 0.717) is 11.7 Å². The number of phenolic OH excluding ortho intramolecular Hbond substituents is 1. The van der Waals surface area contributed by atoms with Crippen LogP contribution in [0.4, 0.5) is 0 Å². The van der Waals surface area contributed by atoms with Gasteiger partial charge in [-0.1, -0.05) is 18.2 Å². The van der Waals surface area contributed by atoms with Crippen LogP contribution in [0.1, 0.15) is 18.4 Å². The predicted molar refractivity (Wildman–Crippen MR) is 65.0 cm³/mol. The number of benzene rings is 1. The van der Waals surface area contributed by atoms with Crippen molar-refractivity contribution in [2.75, 3.05) is 13.1 Å². The zero-order valence-corrected chi connectivity index (χ0v) is 9.97. The van der Waals surface area contributed by atoms with E-state index in [-0.39, 0.29) is 12.1 Å². The first kappa shape index (κ1) is 11.1. The van der Waals surface area contributed by atoms with Gasteiger partial charge in [-0.05, 0) is 11.6 Å². The summed E-state index contributed by atoms with van der Waals surface area (Å²) in [6.07, 6.45) is 2.92. The van der Waals surface area contributed by atoms with Gasteiger partial charge in [-0.2, -0.15) is 0 Å². The maximum atomic E-state index is 10.3. The molecule has 1 aromatic carbocycles. The molecule has 0 unspecified atom stereocenters. The van der Waals surface area contributed by atoms with Gasteiger partial charge in [0.15, 0.2) is 0 Å². The number of aromatic hydroxyl groups is 1. The van der Waals surface area contributed by atoms with E-state index >= 15 is 0 Å². The van der Waals surface area contributed by atoms with Crippen LogP contribution in [0.3, 0.4) is 0 Å². The average molecular weight is 234 g/mol. The molecule has 0 saturated carbocycles. The molecule has 17 heavy (non-hydrogen) atoms. The molecule has 2 bridgehead atoms. The van der Waals surface area contributed by atoms with Gasteiger partial charge in [0.25, 0.3) is 0 Å². The van der Waals surface area contributed by atoms with Gasteiger partial charge in [-0.15, -0.1) is 0 Å². The Morgan fingerprint density at radius 2 is 1.88 bits per heavy atom. The minimum Gasteiger partial charge on any atom is -0.508 e. The van der Waals surface area contributed by atoms with Crippen LogP contribution in [0.25, 0.3) is 0 Å². The zero-order valence-electron chi connectivity index (χ0n) is 9.97. The minimum absolute atomic E-state index is 0.188. The Labute approximate surface area is 102 Å². The van der Waals surface area contributed by atoms with E-state index in [0.717, 1.165) is 24.8 Å². The molecule has 0 amide bonds. The number of hydrogen-bond donors (Lipinski definition) is 3. The van der Waals surface area contributed by atoms with Gasteiger partial charge in [-0.25, -0.2) is 0 Å². The Bertz CT molecular complexity index is 397. The molecule has 92 valence electrons. The molecule has 2 atom stereocenters. The first-order valence-electron chi connectivity index (χ1n) is 6.55. The van der Waals surface area contributed by atoms with Crippen molar-refractivity contribution in [3.05, 3.63) is 29.8 Å². The standard InChI is InChI=1S/C14H19NO2/c16-13-4-2-1-3-11(13)9-12-14(17)10-5-7-15(12)8-6-10/h1-4,10,12,14,16-17H,5-9H2/p+1/t12-,14+/m1/s1. The summed E-state index contributed by atoms with van der Waals surface area (Å²) in [5, 5.41) is 20.1. The number of rotatable bonds is 2. The Hall–Kier alpha value is -1.06. The number of aliphatic hydroxyl groups excluding tert-OH is 1. The lowest BCUT2D eigenvalue weighted by molar-refractivity contribution is -0.946. The fraction of sp³-hybridized carbons (Fsp3) is 0.571. The molecule has 3 aliphatic rings. The summed E-state index contributed by atoms with van der Waals surface area (Å²) in [7, 11) is 0. The Kier molecular flexibility index (Phi) is 2.81. The summed E-state index contributed by atoms with van der Waals surface area (Å²) in [5.74, 6) is 0.852. The second-order valence-corrected chi connectivity index (χ2v) is 5.43. The summed E-state index contributed by atoms with van der Waals surface area (Å²) in [6.45, 7) is 2.36. The lowest BCUT2D eigenvalue weighted by atomic mass is 9.78. The maximum Gasteiger partial charge on any atom is 0.119 e. The molecule has 3 fully saturated rings. The number of hydrogen-bond acceptors (Lipinski definition) is 2. The molecule has 0 radical (unpaired) electrons. The van der Waals surface area contributed by atoms with Gasteiger partial charge in [0.2, 0.25) is 0 Å². The molecule has 4 rings (SSSR count). The normalized spacial score (nSPS) is 36.1. The molecule has 0 spiro atoms. The van der Waals surface area contributed by atoms with Crippen LogP contribution in [0, 0.1) is 5.92 Å². The average Bonchev–Trinajstić information content (AvgIpc) is 2.36. The van der Waals surface area contributed by atoms with E-state index in [1.165, 1.54) is 18.0 Å². The summed E-state index contributed by atoms with van der Waals surface area (Å²) in [5.41, 5.74) is 0.969. The fourth-order valence-corrected chi connectivity index (χ4v) is 3.48. The highest BCUT2D eigenvalue weighted by Crippen LogP contribution is 2.25. The highest BCUT2D eigenvalue weighted by Gasteiger charge is 2.44. The van der Waals surface area contributed by atoms with E-state index in [4.69, 9.17) is 0 Å². The van der Waals surface area contributed by atoms with Crippen molar-refractivity contribution >= 4 is 0 Å². The lowest BCUT2D eigenvalue weighted by Gasteiger charge is -2.45. The molecule has 3 saturated heterocycles. The third kappa shape index (κ3) is 1.94. The largest absolute Gasteiger partial charge is 0.508 e. The van der Waals surface area contributed by atoms with Crippen LogP contribution in [-0.2, 0) is 6.42 Å². The van der Waals surface area contributed by atoms with Crippen LogP contribution >= 0.6 is 0 Å². The minimum atomic E-state index is -0.188.